The van der Waals surface area contributed by atoms with Gasteiger partial charge in [0, 0.05) is 23.9 Å². The lowest BCUT2D eigenvalue weighted by molar-refractivity contribution is -0.143. The van der Waals surface area contributed by atoms with Crippen LogP contribution in [0.25, 0.3) is 22.4 Å². The average molecular weight is 424 g/mol. The number of nitrogens with zero attached hydrogens (tertiary/aromatic N) is 2. The van der Waals surface area contributed by atoms with Crippen LogP contribution in [0.5, 0.6) is 5.75 Å². The second-order valence-electron chi connectivity index (χ2n) is 6.41. The fourth-order valence-electron chi connectivity index (χ4n) is 3.07. The molecule has 0 N–H and O–H groups in total. The van der Waals surface area contributed by atoms with E-state index in [9.17, 15) is 21.6 Å². The fourth-order valence-corrected chi connectivity index (χ4v) is 3.70. The molecule has 5 nitrogen and oxygen atoms in total. The van der Waals surface area contributed by atoms with Crippen LogP contribution in [0.3, 0.4) is 0 Å². The van der Waals surface area contributed by atoms with E-state index in [1.54, 1.807) is 31.2 Å². The van der Waals surface area contributed by atoms with Crippen LogP contribution in [0, 0.1) is 0 Å². The number of aromatic nitrogens is 2. The molecule has 0 fully saturated rings. The summed E-state index contributed by atoms with van der Waals surface area (Å²) >= 11 is 0. The second kappa shape index (κ2) is 7.55. The van der Waals surface area contributed by atoms with Crippen LogP contribution < -0.4 is 4.74 Å². The highest BCUT2D eigenvalue weighted by atomic mass is 32.2. The van der Waals surface area contributed by atoms with Gasteiger partial charge in [0.1, 0.15) is 11.4 Å². The molecule has 154 valence electrons. The van der Waals surface area contributed by atoms with Gasteiger partial charge >= 0.3 is 6.18 Å². The van der Waals surface area contributed by atoms with Gasteiger partial charge in [0.25, 0.3) is 0 Å². The van der Waals surface area contributed by atoms with Crippen molar-refractivity contribution in [2.45, 2.75) is 24.5 Å². The van der Waals surface area contributed by atoms with Gasteiger partial charge in [-0.2, -0.15) is 18.3 Å². The Balaban J connectivity index is 2.27. The first-order chi connectivity index (χ1) is 13.6. The normalized spacial score (nSPS) is 12.2. The smallest absolute Gasteiger partial charge is 0.433 e. The molecule has 0 saturated carbocycles. The first-order valence-electron chi connectivity index (χ1n) is 8.69. The van der Waals surface area contributed by atoms with Crippen molar-refractivity contribution in [3.63, 3.8) is 0 Å². The number of ether oxygens (including phenoxy) is 1. The molecule has 2 aromatic carbocycles. The molecular weight excluding hydrogens is 405 g/mol. The summed E-state index contributed by atoms with van der Waals surface area (Å²) in [5.74, 6) is 0.518. The van der Waals surface area contributed by atoms with E-state index in [4.69, 9.17) is 4.74 Å². The molecule has 0 aliphatic rings. The van der Waals surface area contributed by atoms with Gasteiger partial charge < -0.3 is 4.74 Å². The third-order valence-corrected chi connectivity index (χ3v) is 5.58. The van der Waals surface area contributed by atoms with E-state index in [-0.39, 0.29) is 22.7 Å². The Kier molecular flexibility index (Phi) is 5.44. The number of hydrogen-bond donors (Lipinski definition) is 0. The monoisotopic (exact) mass is 424 g/mol. The van der Waals surface area contributed by atoms with Crippen LogP contribution in [0.15, 0.2) is 53.4 Å². The predicted octanol–water partition coefficient (Wildman–Crippen LogP) is 4.67. The molecule has 9 heteroatoms. The van der Waals surface area contributed by atoms with Crippen molar-refractivity contribution < 1.29 is 26.3 Å². The van der Waals surface area contributed by atoms with Crippen LogP contribution >= 0.6 is 0 Å². The minimum Gasteiger partial charge on any atom is -0.497 e. The largest absolute Gasteiger partial charge is 0.497 e. The van der Waals surface area contributed by atoms with Crippen LogP contribution in [-0.4, -0.2) is 31.6 Å². The van der Waals surface area contributed by atoms with Gasteiger partial charge in [-0.05, 0) is 36.8 Å². The first kappa shape index (κ1) is 20.9. The number of hydrogen-bond acceptors (Lipinski definition) is 4. The molecule has 0 aliphatic heterocycles. The van der Waals surface area contributed by atoms with E-state index in [1.165, 1.54) is 31.4 Å². The van der Waals surface area contributed by atoms with Gasteiger partial charge in [0.2, 0.25) is 0 Å². The second-order valence-corrected chi connectivity index (χ2v) is 8.43. The standard InChI is InChI=1S/C20H19F3N2O3S/c1-4-25-19(20(21,22)23)17(13-5-9-15(28-2)10-6-13)18(24-25)14-7-11-16(12-8-14)29(3,26)27/h5-12H,4H2,1-3H3. The summed E-state index contributed by atoms with van der Waals surface area (Å²) in [6.45, 7) is 1.61. The highest BCUT2D eigenvalue weighted by molar-refractivity contribution is 7.90. The predicted molar refractivity (Wildman–Crippen MR) is 103 cm³/mol. The quantitative estimate of drug-likeness (QED) is 0.597. The van der Waals surface area contributed by atoms with Crippen molar-refractivity contribution in [2.75, 3.05) is 13.4 Å². The maximum Gasteiger partial charge on any atom is 0.433 e. The maximum atomic E-state index is 13.9. The van der Waals surface area contributed by atoms with Gasteiger partial charge in [-0.25, -0.2) is 8.42 Å². The van der Waals surface area contributed by atoms with Gasteiger partial charge in [0.15, 0.2) is 15.5 Å². The number of sulfone groups is 1. The minimum atomic E-state index is -4.62. The van der Waals surface area contributed by atoms with Crippen LogP contribution in [0.2, 0.25) is 0 Å². The Hall–Kier alpha value is -2.81. The Labute approximate surface area is 166 Å². The van der Waals surface area contributed by atoms with Gasteiger partial charge in [-0.3, -0.25) is 4.68 Å². The molecule has 0 unspecified atom stereocenters. The molecule has 0 radical (unpaired) electrons. The Morgan fingerprint density at radius 1 is 1.00 bits per heavy atom. The van der Waals surface area contributed by atoms with E-state index in [0.717, 1.165) is 10.9 Å². The summed E-state index contributed by atoms with van der Waals surface area (Å²) in [6, 6.07) is 11.9. The Bertz CT molecular complexity index is 1120. The third kappa shape index (κ3) is 4.14. The molecule has 0 bridgehead atoms. The van der Waals surface area contributed by atoms with Crippen LogP contribution in [0.4, 0.5) is 13.2 Å². The molecule has 0 amide bonds. The molecule has 1 heterocycles. The van der Waals surface area contributed by atoms with Crippen molar-refractivity contribution in [3.05, 3.63) is 54.2 Å². The van der Waals surface area contributed by atoms with Gasteiger partial charge in [-0.15, -0.1) is 0 Å². The minimum absolute atomic E-state index is 0.0272. The number of aryl methyl sites for hydroxylation is 1. The molecule has 0 saturated heterocycles. The van der Waals surface area contributed by atoms with E-state index >= 15 is 0 Å². The topological polar surface area (TPSA) is 61.2 Å². The SMILES string of the molecule is CCn1nc(-c2ccc(S(C)(=O)=O)cc2)c(-c2ccc(OC)cc2)c1C(F)(F)F. The van der Waals surface area contributed by atoms with Crippen molar-refractivity contribution in [2.24, 2.45) is 0 Å². The van der Waals surface area contributed by atoms with Crippen LogP contribution in [0.1, 0.15) is 12.6 Å². The summed E-state index contributed by atoms with van der Waals surface area (Å²) in [6.07, 6.45) is -3.55. The summed E-state index contributed by atoms with van der Waals surface area (Å²) < 4.78 is 71.1. The zero-order valence-electron chi connectivity index (χ0n) is 16.0. The molecule has 1 aromatic heterocycles. The lowest BCUT2D eigenvalue weighted by Gasteiger charge is -2.12. The van der Waals surface area contributed by atoms with Gasteiger partial charge in [-0.1, -0.05) is 24.3 Å². The highest BCUT2D eigenvalue weighted by Gasteiger charge is 2.40. The highest BCUT2D eigenvalue weighted by Crippen LogP contribution is 2.43. The third-order valence-electron chi connectivity index (χ3n) is 4.46. The zero-order chi connectivity index (χ0) is 21.4. The lowest BCUT2D eigenvalue weighted by Crippen LogP contribution is -2.14. The van der Waals surface area contributed by atoms with E-state index < -0.39 is 21.7 Å². The number of benzene rings is 2. The van der Waals surface area contributed by atoms with E-state index in [1.807, 2.05) is 0 Å². The van der Waals surface area contributed by atoms with Crippen molar-refractivity contribution >= 4 is 9.84 Å². The summed E-state index contributed by atoms with van der Waals surface area (Å²) in [7, 11) is -1.95. The molecular formula is C20H19F3N2O3S. The van der Waals surface area contributed by atoms with Crippen molar-refractivity contribution in [1.29, 1.82) is 0 Å². The fraction of sp³-hybridized carbons (Fsp3) is 0.250. The maximum absolute atomic E-state index is 13.9. The van der Waals surface area contributed by atoms with Gasteiger partial charge in [0.05, 0.1) is 12.0 Å². The Morgan fingerprint density at radius 2 is 1.55 bits per heavy atom. The van der Waals surface area contributed by atoms with Crippen molar-refractivity contribution in [3.8, 4) is 28.1 Å². The zero-order valence-corrected chi connectivity index (χ0v) is 16.8. The Morgan fingerprint density at radius 3 is 2.00 bits per heavy atom. The summed E-state index contributed by atoms with van der Waals surface area (Å²) in [4.78, 5) is 0.0817. The molecule has 0 atom stereocenters. The number of alkyl halides is 3. The molecule has 0 spiro atoms. The first-order valence-corrected chi connectivity index (χ1v) is 10.6. The number of halogens is 3. The molecule has 29 heavy (non-hydrogen) atoms. The van der Waals surface area contributed by atoms with Crippen molar-refractivity contribution in [1.82, 2.24) is 9.78 Å². The van der Waals surface area contributed by atoms with Crippen LogP contribution in [-0.2, 0) is 22.6 Å². The lowest BCUT2D eigenvalue weighted by atomic mass is 9.98. The van der Waals surface area contributed by atoms with E-state index in [2.05, 4.69) is 5.10 Å². The molecule has 3 aromatic rings. The number of methoxy groups -OCH3 is 1. The molecule has 0 aliphatic carbocycles. The molecule has 3 rings (SSSR count). The summed E-state index contributed by atoms with van der Waals surface area (Å²) in [5.41, 5.74) is -0.0632. The number of rotatable bonds is 5. The van der Waals surface area contributed by atoms with E-state index in [0.29, 0.717) is 16.9 Å². The summed E-state index contributed by atoms with van der Waals surface area (Å²) in [5, 5.41) is 4.19. The average Bonchev–Trinajstić information content (AvgIpc) is 3.07.